The van der Waals surface area contributed by atoms with E-state index in [9.17, 15) is 9.90 Å². The molecule has 0 bridgehead atoms. The Morgan fingerprint density at radius 3 is 2.20 bits per heavy atom. The number of aliphatic carboxylic acids is 1. The Kier molecular flexibility index (Phi) is 5.83. The van der Waals surface area contributed by atoms with Gasteiger partial charge >= 0.3 is 5.97 Å². The highest BCUT2D eigenvalue weighted by atomic mass is 16.5. The van der Waals surface area contributed by atoms with Gasteiger partial charge in [-0.3, -0.25) is 4.79 Å². The summed E-state index contributed by atoms with van der Waals surface area (Å²) in [6.45, 7) is 8.23. The number of carboxylic acids is 1. The van der Waals surface area contributed by atoms with Crippen LogP contribution in [0.25, 0.3) is 0 Å². The largest absolute Gasteiger partial charge is 0.481 e. The fraction of sp³-hybridized carbons (Fsp3) is 0.909. The zero-order valence-electron chi connectivity index (χ0n) is 10.1. The van der Waals surface area contributed by atoms with Crippen molar-refractivity contribution in [1.29, 1.82) is 0 Å². The van der Waals surface area contributed by atoms with Gasteiger partial charge in [-0.05, 0) is 26.2 Å². The van der Waals surface area contributed by atoms with E-state index in [1.54, 1.807) is 0 Å². The van der Waals surface area contributed by atoms with E-state index < -0.39 is 11.4 Å². The molecule has 0 fully saturated rings. The lowest BCUT2D eigenvalue weighted by molar-refractivity contribution is -0.153. The molecule has 0 saturated heterocycles. The van der Waals surface area contributed by atoms with Crippen molar-refractivity contribution in [3.05, 3.63) is 0 Å². The molecule has 4 heteroatoms. The molecule has 1 unspecified atom stereocenters. The highest BCUT2D eigenvalue weighted by Gasteiger charge is 2.40. The van der Waals surface area contributed by atoms with Crippen molar-refractivity contribution < 1.29 is 14.6 Å². The Morgan fingerprint density at radius 2 is 1.93 bits per heavy atom. The Hall–Kier alpha value is -0.610. The molecule has 0 aliphatic rings. The van der Waals surface area contributed by atoms with Gasteiger partial charge in [0.1, 0.15) is 0 Å². The first-order chi connectivity index (χ1) is 6.86. The van der Waals surface area contributed by atoms with Gasteiger partial charge in [-0.2, -0.15) is 0 Å². The van der Waals surface area contributed by atoms with E-state index >= 15 is 0 Å². The maximum Gasteiger partial charge on any atom is 0.311 e. The number of hydrogen-bond acceptors (Lipinski definition) is 3. The monoisotopic (exact) mass is 217 g/mol. The lowest BCUT2D eigenvalue weighted by atomic mass is 9.75. The SMILES string of the molecule is CC(C)OCCC(CN)(C(=O)O)C(C)C. The van der Waals surface area contributed by atoms with Gasteiger partial charge in [0.25, 0.3) is 0 Å². The fourth-order valence-electron chi connectivity index (χ4n) is 1.54. The predicted octanol–water partition coefficient (Wildman–Crippen LogP) is 1.49. The van der Waals surface area contributed by atoms with E-state index in [1.165, 1.54) is 0 Å². The van der Waals surface area contributed by atoms with E-state index in [-0.39, 0.29) is 18.6 Å². The van der Waals surface area contributed by atoms with Crippen molar-refractivity contribution in [2.45, 2.75) is 40.2 Å². The third-order valence-electron chi connectivity index (χ3n) is 2.89. The number of hydrogen-bond donors (Lipinski definition) is 2. The van der Waals surface area contributed by atoms with Gasteiger partial charge in [0.05, 0.1) is 11.5 Å². The van der Waals surface area contributed by atoms with Crippen molar-refractivity contribution in [2.24, 2.45) is 17.1 Å². The van der Waals surface area contributed by atoms with Gasteiger partial charge in [0.2, 0.25) is 0 Å². The Balaban J connectivity index is 4.43. The van der Waals surface area contributed by atoms with Gasteiger partial charge in [0, 0.05) is 13.2 Å². The van der Waals surface area contributed by atoms with Crippen molar-refractivity contribution in [2.75, 3.05) is 13.2 Å². The molecule has 0 amide bonds. The summed E-state index contributed by atoms with van der Waals surface area (Å²) in [6, 6.07) is 0. The average Bonchev–Trinajstić information content (AvgIpc) is 2.10. The summed E-state index contributed by atoms with van der Waals surface area (Å²) in [5, 5.41) is 9.22. The van der Waals surface area contributed by atoms with E-state index in [0.29, 0.717) is 13.0 Å². The smallest absolute Gasteiger partial charge is 0.311 e. The Bertz CT molecular complexity index is 204. The number of carboxylic acid groups (broad SMARTS) is 1. The van der Waals surface area contributed by atoms with Gasteiger partial charge in [0.15, 0.2) is 0 Å². The zero-order chi connectivity index (χ0) is 12.1. The van der Waals surface area contributed by atoms with E-state index in [2.05, 4.69) is 0 Å². The second kappa shape index (κ2) is 6.08. The molecule has 1 atom stereocenters. The van der Waals surface area contributed by atoms with Gasteiger partial charge in [-0.1, -0.05) is 13.8 Å². The second-order valence-corrected chi connectivity index (χ2v) is 4.49. The minimum Gasteiger partial charge on any atom is -0.481 e. The predicted molar refractivity (Wildman–Crippen MR) is 59.7 cm³/mol. The minimum atomic E-state index is -0.852. The average molecular weight is 217 g/mol. The summed E-state index contributed by atoms with van der Waals surface area (Å²) in [4.78, 5) is 11.2. The first-order valence-corrected chi connectivity index (χ1v) is 5.42. The zero-order valence-corrected chi connectivity index (χ0v) is 10.1. The maximum absolute atomic E-state index is 11.2. The number of ether oxygens (including phenoxy) is 1. The third kappa shape index (κ3) is 3.80. The highest BCUT2D eigenvalue weighted by Crippen LogP contribution is 2.31. The van der Waals surface area contributed by atoms with Gasteiger partial charge in [-0.15, -0.1) is 0 Å². The molecule has 4 nitrogen and oxygen atoms in total. The van der Waals surface area contributed by atoms with Crippen LogP contribution in [-0.4, -0.2) is 30.3 Å². The standard InChI is InChI=1S/C11H23NO3/c1-8(2)11(7-12,10(13)14)5-6-15-9(3)4/h8-9H,5-7,12H2,1-4H3,(H,13,14). The van der Waals surface area contributed by atoms with Crippen LogP contribution in [0, 0.1) is 11.3 Å². The Morgan fingerprint density at radius 1 is 1.40 bits per heavy atom. The molecule has 90 valence electrons. The fourth-order valence-corrected chi connectivity index (χ4v) is 1.54. The topological polar surface area (TPSA) is 72.5 Å². The molecule has 0 aliphatic carbocycles. The molecule has 0 aromatic rings. The molecule has 0 aliphatic heterocycles. The molecular formula is C11H23NO3. The summed E-state index contributed by atoms with van der Waals surface area (Å²) in [6.07, 6.45) is 0.593. The molecule has 15 heavy (non-hydrogen) atoms. The molecule has 0 saturated carbocycles. The first kappa shape index (κ1) is 14.4. The van der Waals surface area contributed by atoms with Crippen LogP contribution in [-0.2, 0) is 9.53 Å². The van der Waals surface area contributed by atoms with Crippen LogP contribution in [0.5, 0.6) is 0 Å². The molecule has 0 aromatic carbocycles. The number of carbonyl (C=O) groups is 1. The van der Waals surface area contributed by atoms with Crippen molar-refractivity contribution in [3.8, 4) is 0 Å². The van der Waals surface area contributed by atoms with Crippen LogP contribution in [0.2, 0.25) is 0 Å². The lowest BCUT2D eigenvalue weighted by Crippen LogP contribution is -2.44. The first-order valence-electron chi connectivity index (χ1n) is 5.42. The summed E-state index contributed by atoms with van der Waals surface area (Å²) in [7, 11) is 0. The van der Waals surface area contributed by atoms with Crippen LogP contribution in [0.4, 0.5) is 0 Å². The van der Waals surface area contributed by atoms with Crippen molar-refractivity contribution >= 4 is 5.97 Å². The molecule has 3 N–H and O–H groups in total. The summed E-state index contributed by atoms with van der Waals surface area (Å²) >= 11 is 0. The highest BCUT2D eigenvalue weighted by molar-refractivity contribution is 5.75. The minimum absolute atomic E-state index is 0.00997. The maximum atomic E-state index is 11.2. The van der Waals surface area contributed by atoms with Gasteiger partial charge in [-0.25, -0.2) is 0 Å². The molecule has 0 radical (unpaired) electrons. The van der Waals surface area contributed by atoms with Crippen LogP contribution < -0.4 is 5.73 Å². The van der Waals surface area contributed by atoms with E-state index in [4.69, 9.17) is 10.5 Å². The van der Waals surface area contributed by atoms with E-state index in [0.717, 1.165) is 0 Å². The quantitative estimate of drug-likeness (QED) is 0.677. The lowest BCUT2D eigenvalue weighted by Gasteiger charge is -2.32. The summed E-state index contributed by atoms with van der Waals surface area (Å²) in [5.41, 5.74) is 4.74. The molecule has 0 rings (SSSR count). The van der Waals surface area contributed by atoms with Gasteiger partial charge < -0.3 is 15.6 Å². The van der Waals surface area contributed by atoms with E-state index in [1.807, 2.05) is 27.7 Å². The third-order valence-corrected chi connectivity index (χ3v) is 2.89. The van der Waals surface area contributed by atoms with Crippen LogP contribution in [0.1, 0.15) is 34.1 Å². The van der Waals surface area contributed by atoms with Crippen LogP contribution in [0.3, 0.4) is 0 Å². The normalized spacial score (nSPS) is 15.7. The summed E-state index contributed by atoms with van der Waals surface area (Å²) < 4.78 is 5.38. The summed E-state index contributed by atoms with van der Waals surface area (Å²) in [5.74, 6) is -0.817. The molecule has 0 heterocycles. The Labute approximate surface area is 91.8 Å². The van der Waals surface area contributed by atoms with Crippen molar-refractivity contribution in [1.82, 2.24) is 0 Å². The van der Waals surface area contributed by atoms with Crippen LogP contribution in [0.15, 0.2) is 0 Å². The number of rotatable bonds is 7. The molecular weight excluding hydrogens is 194 g/mol. The molecule has 0 spiro atoms. The molecule has 0 aromatic heterocycles. The second-order valence-electron chi connectivity index (χ2n) is 4.49. The van der Waals surface area contributed by atoms with Crippen LogP contribution >= 0.6 is 0 Å². The number of nitrogens with two attached hydrogens (primary N) is 1. The van der Waals surface area contributed by atoms with Crippen molar-refractivity contribution in [3.63, 3.8) is 0 Å².